The molecule has 1 atom stereocenters. The summed E-state index contributed by atoms with van der Waals surface area (Å²) in [7, 11) is 3.80. The molecule has 0 amide bonds. The van der Waals surface area contributed by atoms with Gasteiger partial charge in [-0.15, -0.1) is 5.10 Å². The highest BCUT2D eigenvalue weighted by Gasteiger charge is 2.28. The second-order valence-corrected chi connectivity index (χ2v) is 8.66. The van der Waals surface area contributed by atoms with Gasteiger partial charge in [0.1, 0.15) is 18.5 Å². The summed E-state index contributed by atoms with van der Waals surface area (Å²) in [5.41, 5.74) is 2.01. The molecule has 0 bridgehead atoms. The van der Waals surface area contributed by atoms with Crippen LogP contribution in [-0.4, -0.2) is 79.4 Å². The number of rotatable bonds is 9. The number of nitrogens with one attached hydrogen (secondary N) is 1. The van der Waals surface area contributed by atoms with E-state index in [9.17, 15) is 15.0 Å². The van der Waals surface area contributed by atoms with Crippen molar-refractivity contribution in [3.8, 4) is 5.75 Å². The Morgan fingerprint density at radius 2 is 1.97 bits per heavy atom. The summed E-state index contributed by atoms with van der Waals surface area (Å²) in [5, 5.41) is 30.7. The van der Waals surface area contributed by atoms with Crippen molar-refractivity contribution in [3.63, 3.8) is 0 Å². The molecule has 33 heavy (non-hydrogen) atoms. The van der Waals surface area contributed by atoms with E-state index in [1.54, 1.807) is 10.9 Å². The maximum absolute atomic E-state index is 11.2. The average Bonchev–Trinajstić information content (AvgIpc) is 3.21. The van der Waals surface area contributed by atoms with Gasteiger partial charge in [-0.3, -0.25) is 4.79 Å². The van der Waals surface area contributed by atoms with E-state index < -0.39 is 12.1 Å². The van der Waals surface area contributed by atoms with Crippen molar-refractivity contribution < 1.29 is 19.7 Å². The van der Waals surface area contributed by atoms with E-state index in [0.717, 1.165) is 18.5 Å². The first-order valence-electron chi connectivity index (χ1n) is 11.0. The number of likely N-dealkylation sites (N-methyl/N-ethyl adjacent to an activating group) is 1. The topological polar surface area (TPSA) is 139 Å². The number of nitrogens with zero attached hydrogens (tertiary/aromatic N) is 6. The zero-order valence-electron chi connectivity index (χ0n) is 18.8. The van der Waals surface area contributed by atoms with Crippen LogP contribution in [0.3, 0.4) is 0 Å². The number of carboxylic acid groups (broad SMARTS) is 1. The third-order valence-electron chi connectivity index (χ3n) is 5.74. The Kier molecular flexibility index (Phi) is 6.99. The van der Waals surface area contributed by atoms with E-state index in [2.05, 4.69) is 25.6 Å². The van der Waals surface area contributed by atoms with E-state index in [1.807, 2.05) is 43.3 Å². The average molecular weight is 456 g/mol. The lowest BCUT2D eigenvalue weighted by atomic mass is 9.86. The van der Waals surface area contributed by atoms with Crippen molar-refractivity contribution in [1.82, 2.24) is 29.9 Å². The number of fused-ring (bicyclic) bond motifs is 1. The Balaban J connectivity index is 1.40. The van der Waals surface area contributed by atoms with E-state index in [-0.39, 0.29) is 18.6 Å². The first kappa shape index (κ1) is 22.9. The lowest BCUT2D eigenvalue weighted by molar-refractivity contribution is -0.143. The quantitative estimate of drug-likeness (QED) is 0.439. The zero-order chi connectivity index (χ0) is 23.4. The van der Waals surface area contributed by atoms with Crippen LogP contribution >= 0.6 is 0 Å². The minimum Gasteiger partial charge on any atom is -0.491 e. The molecule has 2 heterocycles. The molecule has 4 rings (SSSR count). The minimum absolute atomic E-state index is 0.0765. The van der Waals surface area contributed by atoms with E-state index in [0.29, 0.717) is 42.2 Å². The summed E-state index contributed by atoms with van der Waals surface area (Å²) in [4.78, 5) is 22.0. The number of carbonyl (C=O) groups is 1. The first-order valence-corrected chi connectivity index (χ1v) is 11.0. The van der Waals surface area contributed by atoms with Gasteiger partial charge in [-0.1, -0.05) is 5.21 Å². The van der Waals surface area contributed by atoms with Crippen molar-refractivity contribution in [2.45, 2.75) is 37.8 Å². The molecule has 1 saturated carbocycles. The fourth-order valence-electron chi connectivity index (χ4n) is 4.05. The molecule has 1 aliphatic rings. The van der Waals surface area contributed by atoms with Crippen LogP contribution in [0.1, 0.15) is 31.7 Å². The number of aliphatic hydroxyl groups is 1. The predicted octanol–water partition coefficient (Wildman–Crippen LogP) is 2.08. The van der Waals surface area contributed by atoms with Gasteiger partial charge in [0.15, 0.2) is 11.2 Å². The second kappa shape index (κ2) is 10.1. The van der Waals surface area contributed by atoms with Crippen LogP contribution < -0.4 is 10.1 Å². The van der Waals surface area contributed by atoms with Gasteiger partial charge in [-0.2, -0.15) is 4.98 Å². The van der Waals surface area contributed by atoms with Crippen molar-refractivity contribution >= 4 is 28.8 Å². The highest BCUT2D eigenvalue weighted by Crippen LogP contribution is 2.33. The fourth-order valence-corrected chi connectivity index (χ4v) is 4.05. The number of ether oxygens (including phenoxy) is 1. The zero-order valence-corrected chi connectivity index (χ0v) is 18.8. The van der Waals surface area contributed by atoms with Crippen LogP contribution in [0.2, 0.25) is 0 Å². The molecule has 1 unspecified atom stereocenters. The summed E-state index contributed by atoms with van der Waals surface area (Å²) < 4.78 is 7.42. The number of carboxylic acids is 1. The van der Waals surface area contributed by atoms with Crippen molar-refractivity contribution in [2.75, 3.05) is 32.6 Å². The van der Waals surface area contributed by atoms with Crippen LogP contribution in [0.15, 0.2) is 30.5 Å². The maximum atomic E-state index is 11.2. The third-order valence-corrected chi connectivity index (χ3v) is 5.74. The molecule has 0 aliphatic heterocycles. The molecule has 1 aliphatic carbocycles. The van der Waals surface area contributed by atoms with Gasteiger partial charge in [0.2, 0.25) is 5.95 Å². The van der Waals surface area contributed by atoms with Gasteiger partial charge in [-0.05, 0) is 64.0 Å². The second-order valence-electron chi connectivity index (χ2n) is 8.66. The lowest BCUT2D eigenvalue weighted by Crippen LogP contribution is -2.30. The molecule has 3 N–H and O–H groups in total. The Hall–Kier alpha value is -3.31. The number of anilines is 2. The number of aliphatic hydroxyl groups excluding tert-OH is 1. The summed E-state index contributed by atoms with van der Waals surface area (Å²) in [6.45, 7) is 0.752. The summed E-state index contributed by atoms with van der Waals surface area (Å²) in [5.74, 6) is 0.0623. The molecule has 176 valence electrons. The Labute approximate surface area is 191 Å². The Morgan fingerprint density at radius 1 is 1.24 bits per heavy atom. The summed E-state index contributed by atoms with van der Waals surface area (Å²) in [6.07, 6.45) is 3.77. The number of hydrogen-bond acceptors (Lipinski definition) is 9. The molecule has 0 spiro atoms. The monoisotopic (exact) mass is 455 g/mol. The van der Waals surface area contributed by atoms with Crippen molar-refractivity contribution in [3.05, 3.63) is 30.5 Å². The van der Waals surface area contributed by atoms with E-state index in [4.69, 9.17) is 4.74 Å². The van der Waals surface area contributed by atoms with Crippen LogP contribution in [0.5, 0.6) is 5.75 Å². The standard InChI is InChI=1S/C22H29N7O4/c1-28(2)12-17(30)13-33-18-9-5-15(6-10-18)24-22-23-11-19-20(25-22)29(27-26-19)16-7-3-14(4-8-16)21(31)32/h5-6,9-11,14,16-17,30H,3-4,7-8,12-13H2,1-2H3,(H,31,32)(H,23,24,25). The lowest BCUT2D eigenvalue weighted by Gasteiger charge is -2.25. The van der Waals surface area contributed by atoms with Crippen LogP contribution in [0.25, 0.3) is 11.2 Å². The first-order chi connectivity index (χ1) is 15.9. The SMILES string of the molecule is CN(C)CC(O)COc1ccc(Nc2ncc3nnn(C4CCC(C(=O)O)CC4)c3n2)cc1. The molecule has 11 heteroatoms. The summed E-state index contributed by atoms with van der Waals surface area (Å²) >= 11 is 0. The normalized spacial score (nSPS) is 19.5. The van der Waals surface area contributed by atoms with Gasteiger partial charge in [0.25, 0.3) is 0 Å². The minimum atomic E-state index is -0.730. The molecule has 1 fully saturated rings. The summed E-state index contributed by atoms with van der Waals surface area (Å²) in [6, 6.07) is 7.41. The highest BCUT2D eigenvalue weighted by molar-refractivity contribution is 5.71. The molecule has 11 nitrogen and oxygen atoms in total. The maximum Gasteiger partial charge on any atom is 0.306 e. The number of hydrogen-bond donors (Lipinski definition) is 3. The molecule has 0 saturated heterocycles. The van der Waals surface area contributed by atoms with Gasteiger partial charge >= 0.3 is 5.97 Å². The molecular weight excluding hydrogens is 426 g/mol. The van der Waals surface area contributed by atoms with Crippen LogP contribution in [0.4, 0.5) is 11.6 Å². The van der Waals surface area contributed by atoms with E-state index >= 15 is 0 Å². The molecule has 0 radical (unpaired) electrons. The van der Waals surface area contributed by atoms with Gasteiger partial charge in [0.05, 0.1) is 18.2 Å². The van der Waals surface area contributed by atoms with Crippen molar-refractivity contribution in [1.29, 1.82) is 0 Å². The number of aliphatic carboxylic acids is 1. The molecular formula is C22H29N7O4. The van der Waals surface area contributed by atoms with Gasteiger partial charge in [-0.25, -0.2) is 9.67 Å². The third kappa shape index (κ3) is 5.74. The predicted molar refractivity (Wildman–Crippen MR) is 122 cm³/mol. The molecule has 1 aromatic carbocycles. The Bertz CT molecular complexity index is 1080. The fraction of sp³-hybridized carbons (Fsp3) is 0.500. The Morgan fingerprint density at radius 3 is 2.64 bits per heavy atom. The van der Waals surface area contributed by atoms with Crippen molar-refractivity contribution in [2.24, 2.45) is 5.92 Å². The van der Waals surface area contributed by atoms with Gasteiger partial charge in [0, 0.05) is 12.2 Å². The highest BCUT2D eigenvalue weighted by atomic mass is 16.5. The number of aromatic nitrogens is 5. The molecule has 2 aromatic heterocycles. The van der Waals surface area contributed by atoms with Gasteiger partial charge < -0.3 is 25.2 Å². The smallest absolute Gasteiger partial charge is 0.306 e. The largest absolute Gasteiger partial charge is 0.491 e. The number of benzene rings is 1. The van der Waals surface area contributed by atoms with Crippen LogP contribution in [0, 0.1) is 5.92 Å². The van der Waals surface area contributed by atoms with Crippen LogP contribution in [-0.2, 0) is 4.79 Å². The van der Waals surface area contributed by atoms with E-state index in [1.165, 1.54) is 0 Å². The molecule has 3 aromatic rings.